The van der Waals surface area contributed by atoms with E-state index in [1.165, 1.54) is 0 Å². The second kappa shape index (κ2) is 7.63. The summed E-state index contributed by atoms with van der Waals surface area (Å²) in [7, 11) is 0. The first-order valence-electron chi connectivity index (χ1n) is 8.29. The molecule has 5 nitrogen and oxygen atoms in total. The number of rotatable bonds is 5. The highest BCUT2D eigenvalue weighted by Crippen LogP contribution is 2.28. The summed E-state index contributed by atoms with van der Waals surface area (Å²) in [5, 5.41) is 19.4. The molecule has 1 aromatic heterocycles. The molecular formula is C19H22N2O3. The Morgan fingerprint density at radius 1 is 1.29 bits per heavy atom. The molecule has 0 radical (unpaired) electrons. The molecule has 2 unspecified atom stereocenters. The quantitative estimate of drug-likeness (QED) is 0.915. The molecule has 0 aliphatic carbocycles. The van der Waals surface area contributed by atoms with Crippen molar-refractivity contribution in [3.63, 3.8) is 0 Å². The number of hydrogen-bond donors (Lipinski definition) is 1. The molecule has 1 aliphatic rings. The third kappa shape index (κ3) is 3.68. The molecule has 1 N–H and O–H groups in total. The fourth-order valence-corrected chi connectivity index (χ4v) is 2.99. The van der Waals surface area contributed by atoms with Crippen molar-refractivity contribution in [3.8, 4) is 6.07 Å². The molecule has 0 amide bonds. The maximum absolute atomic E-state index is 10.6. The van der Waals surface area contributed by atoms with Crippen LogP contribution in [0.25, 0.3) is 0 Å². The van der Waals surface area contributed by atoms with Crippen molar-refractivity contribution in [1.82, 2.24) is 4.90 Å². The second-order valence-corrected chi connectivity index (χ2v) is 5.99. The van der Waals surface area contributed by atoms with Gasteiger partial charge in [-0.3, -0.25) is 4.90 Å². The molecule has 1 aliphatic heterocycles. The van der Waals surface area contributed by atoms with Crippen LogP contribution in [0.15, 0.2) is 40.8 Å². The minimum absolute atomic E-state index is 0.0204. The number of hydrogen-bond acceptors (Lipinski definition) is 5. The Morgan fingerprint density at radius 3 is 2.75 bits per heavy atom. The van der Waals surface area contributed by atoms with Crippen LogP contribution >= 0.6 is 0 Å². The predicted octanol–water partition coefficient (Wildman–Crippen LogP) is 2.82. The molecule has 0 bridgehead atoms. The van der Waals surface area contributed by atoms with Crippen molar-refractivity contribution >= 4 is 0 Å². The van der Waals surface area contributed by atoms with Gasteiger partial charge in [0.25, 0.3) is 0 Å². The van der Waals surface area contributed by atoms with Crippen LogP contribution in [-0.2, 0) is 11.2 Å². The van der Waals surface area contributed by atoms with Gasteiger partial charge in [-0.15, -0.1) is 0 Å². The van der Waals surface area contributed by atoms with Crippen LogP contribution in [0.5, 0.6) is 0 Å². The van der Waals surface area contributed by atoms with Gasteiger partial charge < -0.3 is 14.3 Å². The number of morpholine rings is 1. The fraction of sp³-hybridized carbons (Fsp3) is 0.421. The molecule has 1 fully saturated rings. The lowest BCUT2D eigenvalue weighted by molar-refractivity contribution is -0.0348. The van der Waals surface area contributed by atoms with E-state index in [0.717, 1.165) is 30.0 Å². The highest BCUT2D eigenvalue weighted by Gasteiger charge is 2.29. The van der Waals surface area contributed by atoms with E-state index >= 15 is 0 Å². The van der Waals surface area contributed by atoms with Crippen LogP contribution in [0, 0.1) is 11.3 Å². The van der Waals surface area contributed by atoms with Crippen molar-refractivity contribution in [2.24, 2.45) is 0 Å². The van der Waals surface area contributed by atoms with Gasteiger partial charge in [0.2, 0.25) is 0 Å². The van der Waals surface area contributed by atoms with Gasteiger partial charge in [0.05, 0.1) is 37.0 Å². The minimum atomic E-state index is -0.612. The van der Waals surface area contributed by atoms with Gasteiger partial charge in [-0.25, -0.2) is 0 Å². The first-order chi connectivity index (χ1) is 11.7. The van der Waals surface area contributed by atoms with Crippen LogP contribution < -0.4 is 0 Å². The van der Waals surface area contributed by atoms with E-state index in [1.807, 2.05) is 12.1 Å². The van der Waals surface area contributed by atoms with Gasteiger partial charge in [0.1, 0.15) is 11.5 Å². The van der Waals surface area contributed by atoms with Gasteiger partial charge in [-0.2, -0.15) is 5.26 Å². The van der Waals surface area contributed by atoms with Crippen LogP contribution in [0.1, 0.15) is 41.7 Å². The van der Waals surface area contributed by atoms with Crippen molar-refractivity contribution < 1.29 is 14.3 Å². The number of ether oxygens (including phenoxy) is 1. The second-order valence-electron chi connectivity index (χ2n) is 5.99. The third-order valence-electron chi connectivity index (χ3n) is 4.43. The molecule has 126 valence electrons. The Bertz CT molecular complexity index is 702. The number of aryl methyl sites for hydroxylation is 1. The first kappa shape index (κ1) is 16.7. The average molecular weight is 326 g/mol. The zero-order chi connectivity index (χ0) is 16.9. The van der Waals surface area contributed by atoms with Crippen LogP contribution in [0.3, 0.4) is 0 Å². The SMILES string of the molecule is CCc1ccc(C2COCCN2CC(O)c2ccc(C#N)cc2)o1. The average Bonchev–Trinajstić information content (AvgIpc) is 3.11. The Balaban J connectivity index is 1.71. The molecule has 0 saturated carbocycles. The highest BCUT2D eigenvalue weighted by molar-refractivity contribution is 5.32. The van der Waals surface area contributed by atoms with Crippen molar-refractivity contribution in [2.45, 2.75) is 25.5 Å². The normalized spacial score (nSPS) is 19.8. The standard InChI is InChI=1S/C19H22N2O3/c1-2-16-7-8-19(24-16)17-13-23-10-9-21(17)12-18(22)15-5-3-14(11-20)4-6-15/h3-8,17-18,22H,2,9-10,12-13H2,1H3. The van der Waals surface area contributed by atoms with Crippen molar-refractivity contribution in [1.29, 1.82) is 5.26 Å². The molecule has 2 aromatic rings. The van der Waals surface area contributed by atoms with Gasteiger partial charge in [0, 0.05) is 19.5 Å². The molecule has 1 aromatic carbocycles. The lowest BCUT2D eigenvalue weighted by atomic mass is 10.1. The molecule has 24 heavy (non-hydrogen) atoms. The summed E-state index contributed by atoms with van der Waals surface area (Å²) >= 11 is 0. The summed E-state index contributed by atoms with van der Waals surface area (Å²) in [6.45, 7) is 4.53. The van der Waals surface area contributed by atoms with Crippen LogP contribution in [-0.4, -0.2) is 36.3 Å². The van der Waals surface area contributed by atoms with Crippen LogP contribution in [0.4, 0.5) is 0 Å². The van der Waals surface area contributed by atoms with Gasteiger partial charge >= 0.3 is 0 Å². The predicted molar refractivity (Wildman–Crippen MR) is 89.3 cm³/mol. The zero-order valence-electron chi connectivity index (χ0n) is 13.8. The maximum atomic E-state index is 10.6. The molecular weight excluding hydrogens is 304 g/mol. The molecule has 2 heterocycles. The summed E-state index contributed by atoms with van der Waals surface area (Å²) in [6.07, 6.45) is 0.250. The summed E-state index contributed by atoms with van der Waals surface area (Å²) in [5.41, 5.74) is 1.41. The Morgan fingerprint density at radius 2 is 2.08 bits per heavy atom. The largest absolute Gasteiger partial charge is 0.464 e. The Labute approximate surface area is 142 Å². The fourth-order valence-electron chi connectivity index (χ4n) is 2.99. The smallest absolute Gasteiger partial charge is 0.123 e. The summed E-state index contributed by atoms with van der Waals surface area (Å²) in [6, 6.07) is 13.2. The van der Waals surface area contributed by atoms with Crippen molar-refractivity contribution in [2.75, 3.05) is 26.3 Å². The number of nitrogens with zero attached hydrogens (tertiary/aromatic N) is 2. The highest BCUT2D eigenvalue weighted by atomic mass is 16.5. The monoisotopic (exact) mass is 326 g/mol. The lowest BCUT2D eigenvalue weighted by Gasteiger charge is -2.35. The third-order valence-corrected chi connectivity index (χ3v) is 4.43. The number of aliphatic hydroxyl groups is 1. The van der Waals surface area contributed by atoms with E-state index in [0.29, 0.717) is 25.3 Å². The maximum Gasteiger partial charge on any atom is 0.123 e. The number of nitriles is 1. The summed E-state index contributed by atoms with van der Waals surface area (Å²) in [4.78, 5) is 2.20. The number of benzene rings is 1. The topological polar surface area (TPSA) is 69.6 Å². The summed E-state index contributed by atoms with van der Waals surface area (Å²) in [5.74, 6) is 1.85. The van der Waals surface area contributed by atoms with E-state index in [2.05, 4.69) is 17.9 Å². The Kier molecular flexibility index (Phi) is 5.31. The minimum Gasteiger partial charge on any atom is -0.464 e. The number of furan rings is 1. The van der Waals surface area contributed by atoms with Crippen molar-refractivity contribution in [3.05, 3.63) is 59.0 Å². The number of β-amino-alcohol motifs (C(OH)–C–C–N with tert-alkyl or cyclic N) is 1. The molecule has 0 spiro atoms. The molecule has 1 saturated heterocycles. The zero-order valence-corrected chi connectivity index (χ0v) is 13.8. The molecule has 2 atom stereocenters. The van der Waals surface area contributed by atoms with E-state index in [9.17, 15) is 5.11 Å². The van der Waals surface area contributed by atoms with Crippen LogP contribution in [0.2, 0.25) is 0 Å². The molecule has 5 heteroatoms. The van der Waals surface area contributed by atoms with E-state index in [-0.39, 0.29) is 6.04 Å². The lowest BCUT2D eigenvalue weighted by Crippen LogP contribution is -2.41. The van der Waals surface area contributed by atoms with Gasteiger partial charge in [-0.05, 0) is 29.8 Å². The van der Waals surface area contributed by atoms with E-state index < -0.39 is 6.10 Å². The van der Waals surface area contributed by atoms with Gasteiger partial charge in [0.15, 0.2) is 0 Å². The Hall–Kier alpha value is -2.13. The first-order valence-corrected chi connectivity index (χ1v) is 8.29. The van der Waals surface area contributed by atoms with Gasteiger partial charge in [-0.1, -0.05) is 19.1 Å². The van der Waals surface area contributed by atoms with E-state index in [4.69, 9.17) is 14.4 Å². The number of aliphatic hydroxyl groups excluding tert-OH is 1. The molecule has 3 rings (SSSR count). The summed E-state index contributed by atoms with van der Waals surface area (Å²) < 4.78 is 11.5. The van der Waals surface area contributed by atoms with E-state index in [1.54, 1.807) is 24.3 Å².